The first-order valence-corrected chi connectivity index (χ1v) is 9.22. The predicted molar refractivity (Wildman–Crippen MR) is 119 cm³/mol. The molecule has 152 valence electrons. The van der Waals surface area contributed by atoms with E-state index in [1.807, 2.05) is 36.1 Å². The summed E-state index contributed by atoms with van der Waals surface area (Å²) in [5.74, 6) is 0.976. The zero-order chi connectivity index (χ0) is 18.6. The number of carbonyl (C=O) groups is 1. The van der Waals surface area contributed by atoms with Crippen molar-refractivity contribution in [3.05, 3.63) is 29.8 Å². The van der Waals surface area contributed by atoms with Crippen LogP contribution in [-0.4, -0.2) is 58.4 Å². The van der Waals surface area contributed by atoms with Crippen LogP contribution in [-0.2, 0) is 20.8 Å². The number of nitrogens with one attached hydrogen (secondary N) is 2. The molecule has 0 spiro atoms. The summed E-state index contributed by atoms with van der Waals surface area (Å²) in [6.07, 6.45) is 1.59. The number of hydrogen-bond acceptors (Lipinski definition) is 4. The molecule has 1 aromatic rings. The van der Waals surface area contributed by atoms with Crippen molar-refractivity contribution >= 4 is 41.5 Å². The average molecular weight is 490 g/mol. The van der Waals surface area contributed by atoms with E-state index < -0.39 is 0 Å². The van der Waals surface area contributed by atoms with E-state index in [1.54, 1.807) is 7.11 Å². The average Bonchev–Trinajstić information content (AvgIpc) is 3.09. The monoisotopic (exact) mass is 490 g/mol. The van der Waals surface area contributed by atoms with Gasteiger partial charge in [0.15, 0.2) is 5.96 Å². The number of methoxy groups -OCH3 is 1. The molecule has 1 amide bonds. The molecule has 8 heteroatoms. The van der Waals surface area contributed by atoms with Crippen LogP contribution < -0.4 is 15.5 Å². The third kappa shape index (κ3) is 8.44. The molecule has 0 unspecified atom stereocenters. The van der Waals surface area contributed by atoms with Gasteiger partial charge in [-0.25, -0.2) is 4.99 Å². The van der Waals surface area contributed by atoms with Gasteiger partial charge in [-0.1, -0.05) is 12.1 Å². The Hall–Kier alpha value is -1.39. The number of ether oxygens (including phenoxy) is 2. The number of benzene rings is 1. The van der Waals surface area contributed by atoms with Gasteiger partial charge in [-0.3, -0.25) is 4.79 Å². The van der Waals surface area contributed by atoms with E-state index >= 15 is 0 Å². The van der Waals surface area contributed by atoms with Crippen LogP contribution in [0.15, 0.2) is 29.3 Å². The van der Waals surface area contributed by atoms with Crippen LogP contribution in [0.3, 0.4) is 0 Å². The van der Waals surface area contributed by atoms with Crippen molar-refractivity contribution in [1.29, 1.82) is 0 Å². The Labute approximate surface area is 178 Å². The molecule has 0 bridgehead atoms. The maximum Gasteiger partial charge on any atom is 0.227 e. The summed E-state index contributed by atoms with van der Waals surface area (Å²) in [6, 6.07) is 8.06. The van der Waals surface area contributed by atoms with Gasteiger partial charge in [0.2, 0.25) is 5.91 Å². The second-order valence-electron chi connectivity index (χ2n) is 6.04. The highest BCUT2D eigenvalue weighted by atomic mass is 127. The van der Waals surface area contributed by atoms with Crippen molar-refractivity contribution in [2.24, 2.45) is 4.99 Å². The molecule has 0 radical (unpaired) electrons. The Morgan fingerprint density at radius 1 is 1.19 bits per heavy atom. The van der Waals surface area contributed by atoms with E-state index in [0.717, 1.165) is 36.7 Å². The highest BCUT2D eigenvalue weighted by Crippen LogP contribution is 2.21. The number of anilines is 1. The van der Waals surface area contributed by atoms with Crippen LogP contribution in [0.1, 0.15) is 25.3 Å². The van der Waals surface area contributed by atoms with Crippen LogP contribution in [0.25, 0.3) is 0 Å². The predicted octanol–water partition coefficient (Wildman–Crippen LogP) is 2.15. The number of amides is 1. The molecule has 0 atom stereocenters. The van der Waals surface area contributed by atoms with Crippen molar-refractivity contribution in [2.45, 2.75) is 26.3 Å². The number of aliphatic imine (C=N–C) groups is 1. The third-order valence-electron chi connectivity index (χ3n) is 4.06. The van der Waals surface area contributed by atoms with Gasteiger partial charge in [-0.15, -0.1) is 24.0 Å². The van der Waals surface area contributed by atoms with E-state index in [4.69, 9.17) is 9.47 Å². The minimum absolute atomic E-state index is 0. The lowest BCUT2D eigenvalue weighted by atomic mass is 10.2. The maximum atomic E-state index is 11.8. The molecule has 1 aliphatic rings. The van der Waals surface area contributed by atoms with Crippen molar-refractivity contribution < 1.29 is 14.3 Å². The Kier molecular flexibility index (Phi) is 12.0. The third-order valence-corrected chi connectivity index (χ3v) is 4.06. The molecule has 1 aliphatic heterocycles. The molecule has 2 rings (SSSR count). The van der Waals surface area contributed by atoms with Gasteiger partial charge in [0.25, 0.3) is 0 Å². The minimum atomic E-state index is 0. The van der Waals surface area contributed by atoms with Crippen molar-refractivity contribution in [3.63, 3.8) is 0 Å². The molecule has 27 heavy (non-hydrogen) atoms. The lowest BCUT2D eigenvalue weighted by molar-refractivity contribution is -0.117. The lowest BCUT2D eigenvalue weighted by Crippen LogP contribution is -2.39. The largest absolute Gasteiger partial charge is 0.382 e. The molecule has 0 aliphatic carbocycles. The summed E-state index contributed by atoms with van der Waals surface area (Å²) < 4.78 is 10.4. The number of guanidine groups is 1. The summed E-state index contributed by atoms with van der Waals surface area (Å²) in [4.78, 5) is 18.2. The van der Waals surface area contributed by atoms with E-state index in [9.17, 15) is 4.79 Å². The van der Waals surface area contributed by atoms with Gasteiger partial charge in [0, 0.05) is 38.9 Å². The van der Waals surface area contributed by atoms with Crippen LogP contribution >= 0.6 is 24.0 Å². The van der Waals surface area contributed by atoms with Crippen LogP contribution in [0.5, 0.6) is 0 Å². The first kappa shape index (κ1) is 23.6. The Balaban J connectivity index is 0.00000364. The second-order valence-corrected chi connectivity index (χ2v) is 6.04. The van der Waals surface area contributed by atoms with Crippen LogP contribution in [0, 0.1) is 0 Å². The van der Waals surface area contributed by atoms with E-state index in [-0.39, 0.29) is 29.9 Å². The summed E-state index contributed by atoms with van der Waals surface area (Å²) in [7, 11) is 1.66. The summed E-state index contributed by atoms with van der Waals surface area (Å²) in [5.41, 5.74) is 2.08. The second kappa shape index (κ2) is 13.7. The standard InChI is InChI=1S/C19H30N4O3.HI/c1-3-20-19(21-10-12-26-14-13-25-2)22-15-16-6-8-17(9-7-16)23-11-4-5-18(23)24;/h6-9H,3-5,10-15H2,1-2H3,(H2,20,21,22);1H. The lowest BCUT2D eigenvalue weighted by Gasteiger charge is -2.16. The molecule has 1 fully saturated rings. The topological polar surface area (TPSA) is 75.2 Å². The first-order chi connectivity index (χ1) is 12.7. The molecular formula is C19H31IN4O3. The maximum absolute atomic E-state index is 11.8. The van der Waals surface area contributed by atoms with Crippen LogP contribution in [0.4, 0.5) is 5.69 Å². The SMILES string of the molecule is CCNC(=NCc1ccc(N2CCCC2=O)cc1)NCCOCCOC.I. The van der Waals surface area contributed by atoms with Crippen molar-refractivity contribution in [3.8, 4) is 0 Å². The molecule has 0 saturated carbocycles. The molecule has 0 aromatic heterocycles. The van der Waals surface area contributed by atoms with Gasteiger partial charge >= 0.3 is 0 Å². The van der Waals surface area contributed by atoms with Gasteiger partial charge in [0.1, 0.15) is 0 Å². The fourth-order valence-electron chi connectivity index (χ4n) is 2.70. The van der Waals surface area contributed by atoms with E-state index in [0.29, 0.717) is 39.3 Å². The first-order valence-electron chi connectivity index (χ1n) is 9.22. The molecular weight excluding hydrogens is 459 g/mol. The normalized spacial score (nSPS) is 14.2. The van der Waals surface area contributed by atoms with Gasteiger partial charge in [-0.2, -0.15) is 0 Å². The quantitative estimate of drug-likeness (QED) is 0.228. The van der Waals surface area contributed by atoms with E-state index in [1.165, 1.54) is 0 Å². The Morgan fingerprint density at radius 2 is 1.96 bits per heavy atom. The molecule has 1 saturated heterocycles. The zero-order valence-electron chi connectivity index (χ0n) is 16.2. The fraction of sp³-hybridized carbons (Fsp3) is 0.579. The van der Waals surface area contributed by atoms with Crippen molar-refractivity contribution in [1.82, 2.24) is 10.6 Å². The molecule has 1 heterocycles. The number of rotatable bonds is 10. The Bertz CT molecular complexity index is 581. The summed E-state index contributed by atoms with van der Waals surface area (Å²) >= 11 is 0. The highest BCUT2D eigenvalue weighted by molar-refractivity contribution is 14.0. The smallest absolute Gasteiger partial charge is 0.227 e. The zero-order valence-corrected chi connectivity index (χ0v) is 18.5. The molecule has 7 nitrogen and oxygen atoms in total. The minimum Gasteiger partial charge on any atom is -0.382 e. The van der Waals surface area contributed by atoms with Gasteiger partial charge in [0.05, 0.1) is 26.4 Å². The highest BCUT2D eigenvalue weighted by Gasteiger charge is 2.21. The number of halogens is 1. The fourth-order valence-corrected chi connectivity index (χ4v) is 2.70. The Morgan fingerprint density at radius 3 is 2.59 bits per heavy atom. The van der Waals surface area contributed by atoms with Crippen molar-refractivity contribution in [2.75, 3.05) is 51.5 Å². The summed E-state index contributed by atoms with van der Waals surface area (Å²) in [6.45, 7) is 6.72. The van der Waals surface area contributed by atoms with Gasteiger partial charge < -0.3 is 25.0 Å². The number of nitrogens with zero attached hydrogens (tertiary/aromatic N) is 2. The van der Waals surface area contributed by atoms with E-state index in [2.05, 4.69) is 15.6 Å². The van der Waals surface area contributed by atoms with Crippen LogP contribution in [0.2, 0.25) is 0 Å². The number of hydrogen-bond donors (Lipinski definition) is 2. The molecule has 1 aromatic carbocycles. The number of carbonyl (C=O) groups excluding carboxylic acids is 1. The molecule has 2 N–H and O–H groups in total. The van der Waals surface area contributed by atoms with Gasteiger partial charge in [-0.05, 0) is 31.0 Å². The summed E-state index contributed by atoms with van der Waals surface area (Å²) in [5, 5.41) is 6.47.